The normalized spacial score (nSPS) is 11.4. The third kappa shape index (κ3) is 3.77. The standard InChI is InChI=1S/C19H16ClN7O/c1-12-4-2-5-13(8-12)9-23-26-17-16-18(25-19(20)24-17)27(11-22-16)10-15(28)14-6-3-7-21-14/h2-9,11,21H,10H2,1H3,(H,24,25,26)/b23-9+. The number of carbonyl (C=O) groups excluding carboxylic acids is 1. The minimum Gasteiger partial charge on any atom is -0.359 e. The van der Waals surface area contributed by atoms with E-state index in [0.717, 1.165) is 11.1 Å². The fraction of sp³-hybridized carbons (Fsp3) is 0.105. The number of anilines is 1. The molecule has 0 saturated heterocycles. The van der Waals surface area contributed by atoms with Gasteiger partial charge in [-0.1, -0.05) is 29.8 Å². The van der Waals surface area contributed by atoms with Crippen LogP contribution in [0.15, 0.2) is 54.0 Å². The van der Waals surface area contributed by atoms with E-state index in [1.807, 2.05) is 31.2 Å². The summed E-state index contributed by atoms with van der Waals surface area (Å²) in [5, 5.41) is 4.25. The van der Waals surface area contributed by atoms with Gasteiger partial charge in [0, 0.05) is 6.20 Å². The van der Waals surface area contributed by atoms with Crippen molar-refractivity contribution in [3.05, 3.63) is 71.0 Å². The highest BCUT2D eigenvalue weighted by Crippen LogP contribution is 2.21. The van der Waals surface area contributed by atoms with Crippen LogP contribution in [0.1, 0.15) is 21.6 Å². The number of aryl methyl sites for hydroxylation is 1. The molecule has 1 aromatic carbocycles. The maximum Gasteiger partial charge on any atom is 0.226 e. The summed E-state index contributed by atoms with van der Waals surface area (Å²) in [6.45, 7) is 2.09. The van der Waals surface area contributed by atoms with Gasteiger partial charge < -0.3 is 9.55 Å². The van der Waals surface area contributed by atoms with Crippen molar-refractivity contribution in [2.24, 2.45) is 5.10 Å². The SMILES string of the molecule is Cc1cccc(/C=N/Nc2nc(Cl)nc3c2ncn3CC(=O)c2ccc[nH]2)c1. The molecule has 0 bridgehead atoms. The molecule has 3 aromatic heterocycles. The Bertz CT molecular complexity index is 1160. The highest BCUT2D eigenvalue weighted by molar-refractivity contribution is 6.28. The van der Waals surface area contributed by atoms with Gasteiger partial charge in [-0.15, -0.1) is 0 Å². The topological polar surface area (TPSA) is 101 Å². The van der Waals surface area contributed by atoms with E-state index in [1.54, 1.807) is 29.1 Å². The number of halogens is 1. The number of aromatic nitrogens is 5. The Morgan fingerprint density at radius 2 is 2.21 bits per heavy atom. The maximum absolute atomic E-state index is 12.3. The number of hydrogen-bond donors (Lipinski definition) is 2. The van der Waals surface area contributed by atoms with Crippen LogP contribution in [0.3, 0.4) is 0 Å². The Morgan fingerprint density at radius 3 is 3.00 bits per heavy atom. The second-order valence-electron chi connectivity index (χ2n) is 6.18. The number of imidazole rings is 1. The van der Waals surface area contributed by atoms with Crippen LogP contribution in [0.4, 0.5) is 5.82 Å². The molecule has 0 saturated carbocycles. The smallest absolute Gasteiger partial charge is 0.226 e. The number of ketones is 1. The Morgan fingerprint density at radius 1 is 1.32 bits per heavy atom. The number of H-pyrrole nitrogens is 1. The third-order valence-electron chi connectivity index (χ3n) is 4.08. The zero-order valence-corrected chi connectivity index (χ0v) is 15.7. The number of benzene rings is 1. The molecule has 3 heterocycles. The van der Waals surface area contributed by atoms with Gasteiger partial charge in [-0.25, -0.2) is 4.98 Å². The second kappa shape index (κ2) is 7.61. The van der Waals surface area contributed by atoms with Gasteiger partial charge in [0.1, 0.15) is 0 Å². The van der Waals surface area contributed by atoms with E-state index in [-0.39, 0.29) is 17.6 Å². The van der Waals surface area contributed by atoms with E-state index in [2.05, 4.69) is 30.5 Å². The van der Waals surface area contributed by atoms with Crippen molar-refractivity contribution in [1.82, 2.24) is 24.5 Å². The first-order chi connectivity index (χ1) is 13.6. The van der Waals surface area contributed by atoms with Crippen LogP contribution in [0.25, 0.3) is 11.2 Å². The van der Waals surface area contributed by atoms with E-state index < -0.39 is 0 Å². The minimum atomic E-state index is -0.0917. The van der Waals surface area contributed by atoms with Crippen molar-refractivity contribution in [1.29, 1.82) is 0 Å². The van der Waals surface area contributed by atoms with Gasteiger partial charge in [0.2, 0.25) is 5.28 Å². The number of nitrogens with zero attached hydrogens (tertiary/aromatic N) is 5. The molecular weight excluding hydrogens is 378 g/mol. The number of rotatable bonds is 6. The van der Waals surface area contributed by atoms with Crippen LogP contribution in [0, 0.1) is 6.92 Å². The fourth-order valence-electron chi connectivity index (χ4n) is 2.77. The molecule has 0 atom stereocenters. The average Bonchev–Trinajstić information content (AvgIpc) is 3.32. The fourth-order valence-corrected chi connectivity index (χ4v) is 2.94. The van der Waals surface area contributed by atoms with Crippen molar-refractivity contribution >= 4 is 40.6 Å². The summed E-state index contributed by atoms with van der Waals surface area (Å²) in [5.41, 5.74) is 6.39. The molecule has 4 rings (SSSR count). The molecule has 0 fully saturated rings. The van der Waals surface area contributed by atoms with Crippen LogP contribution >= 0.6 is 11.6 Å². The van der Waals surface area contributed by atoms with Crippen molar-refractivity contribution in [3.8, 4) is 0 Å². The summed E-state index contributed by atoms with van der Waals surface area (Å²) in [6.07, 6.45) is 4.92. The molecule has 2 N–H and O–H groups in total. The second-order valence-corrected chi connectivity index (χ2v) is 6.52. The van der Waals surface area contributed by atoms with E-state index >= 15 is 0 Å². The molecule has 0 spiro atoms. The Labute approximate surface area is 165 Å². The Hall–Kier alpha value is -3.52. The van der Waals surface area contributed by atoms with E-state index in [4.69, 9.17) is 11.6 Å². The maximum atomic E-state index is 12.3. The predicted molar refractivity (Wildman–Crippen MR) is 108 cm³/mol. The molecule has 0 amide bonds. The Balaban J connectivity index is 1.59. The van der Waals surface area contributed by atoms with Gasteiger partial charge in [-0.3, -0.25) is 10.2 Å². The average molecular weight is 394 g/mol. The molecular formula is C19H16ClN7O. The van der Waals surface area contributed by atoms with Gasteiger partial charge in [-0.05, 0) is 36.2 Å². The summed E-state index contributed by atoms with van der Waals surface area (Å²) in [5.74, 6) is 0.274. The lowest BCUT2D eigenvalue weighted by atomic mass is 10.2. The van der Waals surface area contributed by atoms with Crippen molar-refractivity contribution < 1.29 is 4.79 Å². The summed E-state index contributed by atoms with van der Waals surface area (Å²) in [4.78, 5) is 27.9. The summed E-state index contributed by atoms with van der Waals surface area (Å²) < 4.78 is 1.63. The molecule has 0 radical (unpaired) electrons. The monoisotopic (exact) mass is 393 g/mol. The number of carbonyl (C=O) groups is 1. The molecule has 4 aromatic rings. The number of fused-ring (bicyclic) bond motifs is 1. The summed E-state index contributed by atoms with van der Waals surface area (Å²) in [7, 11) is 0. The first-order valence-electron chi connectivity index (χ1n) is 8.51. The zero-order chi connectivity index (χ0) is 19.5. The number of hydrogen-bond acceptors (Lipinski definition) is 6. The molecule has 0 aliphatic rings. The first kappa shape index (κ1) is 17.9. The zero-order valence-electron chi connectivity index (χ0n) is 14.9. The van der Waals surface area contributed by atoms with Crippen LogP contribution in [-0.2, 0) is 6.54 Å². The lowest BCUT2D eigenvalue weighted by Crippen LogP contribution is -2.10. The van der Waals surface area contributed by atoms with Crippen LogP contribution in [-0.4, -0.2) is 36.5 Å². The number of aromatic amines is 1. The van der Waals surface area contributed by atoms with E-state index in [0.29, 0.717) is 22.7 Å². The summed E-state index contributed by atoms with van der Waals surface area (Å²) >= 11 is 6.06. The number of nitrogens with one attached hydrogen (secondary N) is 2. The van der Waals surface area contributed by atoms with Crippen LogP contribution in [0.5, 0.6) is 0 Å². The van der Waals surface area contributed by atoms with Gasteiger partial charge in [0.05, 0.1) is 24.8 Å². The largest absolute Gasteiger partial charge is 0.359 e. The van der Waals surface area contributed by atoms with E-state index in [9.17, 15) is 4.79 Å². The molecule has 8 nitrogen and oxygen atoms in total. The number of Topliss-reactive ketones (excluding diaryl/α,β-unsaturated/α-hetero) is 1. The van der Waals surface area contributed by atoms with Gasteiger partial charge >= 0.3 is 0 Å². The molecule has 0 aliphatic heterocycles. The predicted octanol–water partition coefficient (Wildman–Crippen LogP) is 3.45. The van der Waals surface area contributed by atoms with Crippen LogP contribution < -0.4 is 5.43 Å². The minimum absolute atomic E-state index is 0.0369. The van der Waals surface area contributed by atoms with Gasteiger partial charge in [0.25, 0.3) is 0 Å². The van der Waals surface area contributed by atoms with Crippen molar-refractivity contribution in [2.75, 3.05) is 5.43 Å². The molecule has 28 heavy (non-hydrogen) atoms. The lowest BCUT2D eigenvalue weighted by molar-refractivity contribution is 0.0969. The molecule has 0 aliphatic carbocycles. The van der Waals surface area contributed by atoms with Crippen LogP contribution in [0.2, 0.25) is 5.28 Å². The van der Waals surface area contributed by atoms with Gasteiger partial charge in [-0.2, -0.15) is 15.1 Å². The Kier molecular flexibility index (Phi) is 4.86. The van der Waals surface area contributed by atoms with E-state index in [1.165, 1.54) is 6.33 Å². The summed E-state index contributed by atoms with van der Waals surface area (Å²) in [6, 6.07) is 11.4. The molecule has 140 valence electrons. The quantitative estimate of drug-likeness (QED) is 0.226. The molecule has 0 unspecified atom stereocenters. The van der Waals surface area contributed by atoms with Crippen molar-refractivity contribution in [2.45, 2.75) is 13.5 Å². The highest BCUT2D eigenvalue weighted by Gasteiger charge is 2.15. The molecule has 9 heteroatoms. The number of hydrazone groups is 1. The van der Waals surface area contributed by atoms with Crippen molar-refractivity contribution in [3.63, 3.8) is 0 Å². The first-order valence-corrected chi connectivity index (χ1v) is 8.88. The van der Waals surface area contributed by atoms with Gasteiger partial charge in [0.15, 0.2) is 22.8 Å². The highest BCUT2D eigenvalue weighted by atomic mass is 35.5. The third-order valence-corrected chi connectivity index (χ3v) is 4.24. The lowest BCUT2D eigenvalue weighted by Gasteiger charge is -2.04.